The third-order valence-corrected chi connectivity index (χ3v) is 2.46. The summed E-state index contributed by atoms with van der Waals surface area (Å²) in [7, 11) is 1.57. The SMILES string of the molecule is COc1cc(C)c2[nH]c(=S)[nH]c(=O)c2c1. The van der Waals surface area contributed by atoms with Gasteiger partial charge in [0.15, 0.2) is 4.77 Å². The van der Waals surface area contributed by atoms with E-state index in [0.29, 0.717) is 15.9 Å². The highest BCUT2D eigenvalue weighted by Gasteiger charge is 2.04. The van der Waals surface area contributed by atoms with Crippen molar-refractivity contribution in [3.63, 3.8) is 0 Å². The van der Waals surface area contributed by atoms with Gasteiger partial charge < -0.3 is 9.72 Å². The van der Waals surface area contributed by atoms with Crippen LogP contribution >= 0.6 is 12.2 Å². The number of rotatable bonds is 1. The Morgan fingerprint density at radius 3 is 2.73 bits per heavy atom. The molecule has 15 heavy (non-hydrogen) atoms. The van der Waals surface area contributed by atoms with E-state index in [1.54, 1.807) is 13.2 Å². The molecule has 0 aliphatic rings. The number of aromatic amines is 2. The second-order valence-corrected chi connectivity index (χ2v) is 3.68. The number of benzene rings is 1. The number of nitrogens with one attached hydrogen (secondary N) is 2. The lowest BCUT2D eigenvalue weighted by Crippen LogP contribution is -2.08. The number of ether oxygens (including phenoxy) is 1. The van der Waals surface area contributed by atoms with E-state index in [4.69, 9.17) is 17.0 Å². The molecule has 0 unspecified atom stereocenters. The van der Waals surface area contributed by atoms with Crippen LogP contribution in [0.1, 0.15) is 5.56 Å². The molecule has 0 bridgehead atoms. The molecule has 0 amide bonds. The van der Waals surface area contributed by atoms with E-state index in [2.05, 4.69) is 9.97 Å². The fraction of sp³-hybridized carbons (Fsp3) is 0.200. The van der Waals surface area contributed by atoms with Crippen LogP contribution in [-0.2, 0) is 0 Å². The molecule has 5 heteroatoms. The predicted molar refractivity (Wildman–Crippen MR) is 61.0 cm³/mol. The van der Waals surface area contributed by atoms with Gasteiger partial charge in [0.05, 0.1) is 18.0 Å². The molecule has 0 atom stereocenters. The minimum atomic E-state index is -0.198. The van der Waals surface area contributed by atoms with Crippen molar-refractivity contribution in [2.75, 3.05) is 7.11 Å². The zero-order valence-electron chi connectivity index (χ0n) is 8.38. The lowest BCUT2D eigenvalue weighted by Gasteiger charge is -2.05. The number of H-pyrrole nitrogens is 2. The topological polar surface area (TPSA) is 57.9 Å². The van der Waals surface area contributed by atoms with E-state index in [1.165, 1.54) is 0 Å². The molecule has 0 aliphatic heterocycles. The Morgan fingerprint density at radius 2 is 2.07 bits per heavy atom. The molecule has 0 saturated heterocycles. The average Bonchev–Trinajstić information content (AvgIpc) is 2.19. The normalized spacial score (nSPS) is 10.5. The van der Waals surface area contributed by atoms with Gasteiger partial charge in [-0.05, 0) is 36.8 Å². The minimum Gasteiger partial charge on any atom is -0.497 e. The van der Waals surface area contributed by atoms with Gasteiger partial charge >= 0.3 is 0 Å². The zero-order valence-corrected chi connectivity index (χ0v) is 9.20. The summed E-state index contributed by atoms with van der Waals surface area (Å²) in [6.07, 6.45) is 0. The molecule has 2 rings (SSSR count). The van der Waals surface area contributed by atoms with Gasteiger partial charge in [0, 0.05) is 0 Å². The van der Waals surface area contributed by atoms with Crippen LogP contribution in [0.15, 0.2) is 16.9 Å². The van der Waals surface area contributed by atoms with Crippen LogP contribution in [0.2, 0.25) is 0 Å². The maximum absolute atomic E-state index is 11.6. The molecule has 1 heterocycles. The Morgan fingerprint density at radius 1 is 1.33 bits per heavy atom. The quantitative estimate of drug-likeness (QED) is 0.724. The van der Waals surface area contributed by atoms with Crippen molar-refractivity contribution in [2.24, 2.45) is 0 Å². The van der Waals surface area contributed by atoms with Gasteiger partial charge in [-0.15, -0.1) is 0 Å². The second-order valence-electron chi connectivity index (χ2n) is 3.28. The van der Waals surface area contributed by atoms with Crippen LogP contribution in [0.25, 0.3) is 10.9 Å². The summed E-state index contributed by atoms with van der Waals surface area (Å²) in [5.74, 6) is 0.663. The molecule has 2 N–H and O–H groups in total. The minimum absolute atomic E-state index is 0.198. The van der Waals surface area contributed by atoms with Crippen LogP contribution in [0.4, 0.5) is 0 Å². The largest absolute Gasteiger partial charge is 0.497 e. The number of fused-ring (bicyclic) bond motifs is 1. The highest BCUT2D eigenvalue weighted by molar-refractivity contribution is 7.71. The number of hydrogen-bond donors (Lipinski definition) is 2. The third kappa shape index (κ3) is 1.66. The zero-order chi connectivity index (χ0) is 11.0. The van der Waals surface area contributed by atoms with E-state index in [9.17, 15) is 4.79 Å². The molecule has 1 aromatic carbocycles. The van der Waals surface area contributed by atoms with Crippen molar-refractivity contribution in [3.8, 4) is 5.75 Å². The van der Waals surface area contributed by atoms with Crippen molar-refractivity contribution < 1.29 is 4.74 Å². The first kappa shape index (κ1) is 9.92. The van der Waals surface area contributed by atoms with Crippen LogP contribution in [0, 0.1) is 11.7 Å². The van der Waals surface area contributed by atoms with E-state index in [0.717, 1.165) is 11.1 Å². The summed E-state index contributed by atoms with van der Waals surface area (Å²) in [6, 6.07) is 3.54. The van der Waals surface area contributed by atoms with Crippen LogP contribution in [0.3, 0.4) is 0 Å². The van der Waals surface area contributed by atoms with Gasteiger partial charge in [0.25, 0.3) is 5.56 Å². The third-order valence-electron chi connectivity index (χ3n) is 2.25. The van der Waals surface area contributed by atoms with Crippen molar-refractivity contribution in [2.45, 2.75) is 6.92 Å². The lowest BCUT2D eigenvalue weighted by atomic mass is 10.1. The van der Waals surface area contributed by atoms with Gasteiger partial charge in [-0.3, -0.25) is 9.78 Å². The Hall–Kier alpha value is -1.62. The first-order chi connectivity index (χ1) is 7.11. The molecule has 0 aliphatic carbocycles. The maximum atomic E-state index is 11.6. The van der Waals surface area contributed by atoms with Gasteiger partial charge in [0.2, 0.25) is 0 Å². The molecular formula is C10H10N2O2S. The molecule has 0 spiro atoms. The van der Waals surface area contributed by atoms with Crippen molar-refractivity contribution in [1.82, 2.24) is 9.97 Å². The van der Waals surface area contributed by atoms with Crippen LogP contribution < -0.4 is 10.3 Å². The Labute approximate surface area is 90.9 Å². The fourth-order valence-electron chi connectivity index (χ4n) is 1.53. The monoisotopic (exact) mass is 222 g/mol. The first-order valence-electron chi connectivity index (χ1n) is 4.43. The second kappa shape index (κ2) is 3.51. The predicted octanol–water partition coefficient (Wildman–Crippen LogP) is 1.90. The summed E-state index contributed by atoms with van der Waals surface area (Å²) < 4.78 is 5.43. The summed E-state index contributed by atoms with van der Waals surface area (Å²) in [4.78, 5) is 17.1. The van der Waals surface area contributed by atoms with Crippen LogP contribution in [-0.4, -0.2) is 17.1 Å². The van der Waals surface area contributed by atoms with Gasteiger partial charge in [-0.25, -0.2) is 0 Å². The number of hydrogen-bond acceptors (Lipinski definition) is 3. The standard InChI is InChI=1S/C10H10N2O2S/c1-5-3-6(14-2)4-7-8(5)11-10(15)12-9(7)13/h3-4H,1-2H3,(H2,11,12,13,15). The lowest BCUT2D eigenvalue weighted by molar-refractivity contribution is 0.415. The summed E-state index contributed by atoms with van der Waals surface area (Å²) >= 11 is 4.91. The maximum Gasteiger partial charge on any atom is 0.259 e. The summed E-state index contributed by atoms with van der Waals surface area (Å²) in [5.41, 5.74) is 1.49. The Kier molecular flexibility index (Phi) is 2.32. The van der Waals surface area contributed by atoms with E-state index >= 15 is 0 Å². The van der Waals surface area contributed by atoms with Crippen molar-refractivity contribution in [1.29, 1.82) is 0 Å². The molecule has 4 nitrogen and oxygen atoms in total. The number of aromatic nitrogens is 2. The summed E-state index contributed by atoms with van der Waals surface area (Å²) in [6.45, 7) is 1.90. The molecule has 78 valence electrons. The molecule has 0 saturated carbocycles. The van der Waals surface area contributed by atoms with Gasteiger partial charge in [-0.1, -0.05) is 0 Å². The van der Waals surface area contributed by atoms with E-state index < -0.39 is 0 Å². The van der Waals surface area contributed by atoms with Crippen molar-refractivity contribution in [3.05, 3.63) is 32.8 Å². The van der Waals surface area contributed by atoms with Crippen LogP contribution in [0.5, 0.6) is 5.75 Å². The average molecular weight is 222 g/mol. The molecule has 0 radical (unpaired) electrons. The van der Waals surface area contributed by atoms with E-state index in [-0.39, 0.29) is 5.56 Å². The first-order valence-corrected chi connectivity index (χ1v) is 4.83. The van der Waals surface area contributed by atoms with Crippen molar-refractivity contribution >= 4 is 23.1 Å². The summed E-state index contributed by atoms with van der Waals surface area (Å²) in [5, 5.41) is 0.556. The molecule has 1 aromatic heterocycles. The Bertz CT molecular complexity index is 627. The fourth-order valence-corrected chi connectivity index (χ4v) is 1.73. The number of methoxy groups -OCH3 is 1. The highest BCUT2D eigenvalue weighted by atomic mass is 32.1. The molecular weight excluding hydrogens is 212 g/mol. The Balaban J connectivity index is 2.98. The molecule has 2 aromatic rings. The highest BCUT2D eigenvalue weighted by Crippen LogP contribution is 2.20. The van der Waals surface area contributed by atoms with E-state index in [1.807, 2.05) is 13.0 Å². The number of aryl methyl sites for hydroxylation is 1. The molecule has 0 fully saturated rings. The van der Waals surface area contributed by atoms with Gasteiger partial charge in [0.1, 0.15) is 5.75 Å². The smallest absolute Gasteiger partial charge is 0.259 e. The van der Waals surface area contributed by atoms with Gasteiger partial charge in [-0.2, -0.15) is 0 Å².